The Balaban J connectivity index is 1.19. The van der Waals surface area contributed by atoms with Gasteiger partial charge in [0.2, 0.25) is 0 Å². The highest BCUT2D eigenvalue weighted by atomic mass is 16.6. The Kier molecular flexibility index (Phi) is 5.89. The van der Waals surface area contributed by atoms with Gasteiger partial charge in [0.1, 0.15) is 12.4 Å². The molecule has 2 fully saturated rings. The number of imidazole rings is 1. The number of fused-ring (bicyclic) bond motifs is 1. The molecular formula is C29H28N4O3. The summed E-state index contributed by atoms with van der Waals surface area (Å²) in [6.07, 6.45) is 3.55. The first kappa shape index (κ1) is 22.3. The molecule has 6 rings (SSSR count). The van der Waals surface area contributed by atoms with Gasteiger partial charge in [0.25, 0.3) is 5.91 Å². The summed E-state index contributed by atoms with van der Waals surface area (Å²) in [5.74, 6) is 0.747. The van der Waals surface area contributed by atoms with Gasteiger partial charge in [-0.05, 0) is 66.6 Å². The van der Waals surface area contributed by atoms with Crippen molar-refractivity contribution >= 4 is 23.0 Å². The number of nitrogens with zero attached hydrogens (tertiary/aromatic N) is 2. The van der Waals surface area contributed by atoms with Crippen molar-refractivity contribution in [3.63, 3.8) is 0 Å². The maximum Gasteiger partial charge on any atom is 0.410 e. The third-order valence-corrected chi connectivity index (χ3v) is 6.88. The lowest BCUT2D eigenvalue weighted by atomic mass is 10.0. The summed E-state index contributed by atoms with van der Waals surface area (Å²) in [6.45, 7) is 0.903. The fourth-order valence-electron chi connectivity index (χ4n) is 4.77. The number of nitrogens with one attached hydrogen (secondary N) is 2. The summed E-state index contributed by atoms with van der Waals surface area (Å²) >= 11 is 0. The van der Waals surface area contributed by atoms with Crippen LogP contribution in [0.25, 0.3) is 22.2 Å². The molecule has 0 bridgehead atoms. The molecule has 7 nitrogen and oxygen atoms in total. The van der Waals surface area contributed by atoms with Gasteiger partial charge >= 0.3 is 6.09 Å². The smallest absolute Gasteiger partial charge is 0.410 e. The van der Waals surface area contributed by atoms with Crippen molar-refractivity contribution in [2.75, 3.05) is 6.54 Å². The molecule has 2 amide bonds. The summed E-state index contributed by atoms with van der Waals surface area (Å²) in [4.78, 5) is 35.4. The van der Waals surface area contributed by atoms with Gasteiger partial charge in [0.15, 0.2) is 0 Å². The highest BCUT2D eigenvalue weighted by Crippen LogP contribution is 2.33. The fraction of sp³-hybridized carbons (Fsp3) is 0.276. The second-order valence-electron chi connectivity index (χ2n) is 9.57. The molecule has 1 saturated carbocycles. The third-order valence-electron chi connectivity index (χ3n) is 6.88. The van der Waals surface area contributed by atoms with Crippen LogP contribution < -0.4 is 5.32 Å². The van der Waals surface area contributed by atoms with E-state index in [1.54, 1.807) is 4.90 Å². The van der Waals surface area contributed by atoms with Crippen molar-refractivity contribution in [1.82, 2.24) is 20.2 Å². The number of benzene rings is 3. The number of rotatable bonds is 6. The predicted molar refractivity (Wildman–Crippen MR) is 137 cm³/mol. The number of amides is 2. The van der Waals surface area contributed by atoms with Crippen LogP contribution in [0.1, 0.15) is 53.5 Å². The molecule has 36 heavy (non-hydrogen) atoms. The molecule has 4 aromatic rings. The zero-order chi connectivity index (χ0) is 24.5. The van der Waals surface area contributed by atoms with Gasteiger partial charge in [0.05, 0.1) is 17.1 Å². The molecule has 2 aliphatic rings. The Labute approximate surface area is 209 Å². The lowest BCUT2D eigenvalue weighted by Crippen LogP contribution is -2.31. The molecule has 2 N–H and O–H groups in total. The lowest BCUT2D eigenvalue weighted by molar-refractivity contribution is 0.0909. The van der Waals surface area contributed by atoms with Crippen LogP contribution in [0.2, 0.25) is 0 Å². The van der Waals surface area contributed by atoms with E-state index in [0.29, 0.717) is 18.2 Å². The van der Waals surface area contributed by atoms with Gasteiger partial charge in [-0.25, -0.2) is 9.78 Å². The van der Waals surface area contributed by atoms with Crippen LogP contribution in [-0.4, -0.2) is 39.5 Å². The van der Waals surface area contributed by atoms with Crippen molar-refractivity contribution < 1.29 is 14.3 Å². The van der Waals surface area contributed by atoms with Gasteiger partial charge in [-0.2, -0.15) is 0 Å². The highest BCUT2D eigenvalue weighted by Gasteiger charge is 2.33. The number of hydrogen-bond acceptors (Lipinski definition) is 4. The van der Waals surface area contributed by atoms with E-state index in [1.807, 2.05) is 72.8 Å². The number of likely N-dealkylation sites (tertiary alicyclic amines) is 1. The van der Waals surface area contributed by atoms with Crippen LogP contribution in [0.5, 0.6) is 0 Å². The third kappa shape index (κ3) is 4.69. The monoisotopic (exact) mass is 480 g/mol. The molecule has 1 aromatic heterocycles. The molecule has 0 spiro atoms. The summed E-state index contributed by atoms with van der Waals surface area (Å²) in [5.41, 5.74) is 5.34. The van der Waals surface area contributed by atoms with Crippen molar-refractivity contribution in [2.45, 2.75) is 44.4 Å². The molecule has 0 radical (unpaired) electrons. The Morgan fingerprint density at radius 1 is 0.972 bits per heavy atom. The summed E-state index contributed by atoms with van der Waals surface area (Å²) < 4.78 is 5.59. The normalized spacial score (nSPS) is 17.3. The lowest BCUT2D eigenvalue weighted by Gasteiger charge is -2.22. The minimum Gasteiger partial charge on any atom is -0.445 e. The molecule has 7 heteroatoms. The standard InChI is InChI=1S/C29H28N4O3/c34-28(30-23-12-13-23)22-9-4-8-20(16-22)21-11-14-24-25(17-21)32-27(31-24)26-10-5-15-33(26)29(35)36-18-19-6-2-1-3-7-19/h1-4,6-9,11,14,16-17,23,26H,5,10,12-13,15,18H2,(H,30,34)(H,31,32)/t26-/m0/s1. The van der Waals surface area contributed by atoms with E-state index in [4.69, 9.17) is 9.72 Å². The Bertz CT molecular complexity index is 1410. The molecular weight excluding hydrogens is 452 g/mol. The first-order chi connectivity index (χ1) is 17.6. The largest absolute Gasteiger partial charge is 0.445 e. The zero-order valence-electron chi connectivity index (χ0n) is 19.9. The van der Waals surface area contributed by atoms with E-state index >= 15 is 0 Å². The van der Waals surface area contributed by atoms with Gasteiger partial charge in [0, 0.05) is 18.2 Å². The van der Waals surface area contributed by atoms with E-state index < -0.39 is 0 Å². The summed E-state index contributed by atoms with van der Waals surface area (Å²) in [6, 6.07) is 23.6. The maximum atomic E-state index is 12.8. The second-order valence-corrected chi connectivity index (χ2v) is 9.57. The van der Waals surface area contributed by atoms with E-state index in [9.17, 15) is 9.59 Å². The second kappa shape index (κ2) is 9.49. The SMILES string of the molecule is O=C(NC1CC1)c1cccc(-c2ccc3[nH]c([C@@H]4CCCN4C(=O)OCc4ccccc4)nc3c2)c1. The summed E-state index contributed by atoms with van der Waals surface area (Å²) in [7, 11) is 0. The minimum atomic E-state index is -0.316. The molecule has 1 aliphatic heterocycles. The number of aromatic nitrogens is 2. The van der Waals surface area contributed by atoms with Gasteiger partial charge in [-0.15, -0.1) is 0 Å². The maximum absolute atomic E-state index is 12.8. The van der Waals surface area contributed by atoms with Crippen LogP contribution in [0.15, 0.2) is 72.8 Å². The van der Waals surface area contributed by atoms with Crippen LogP contribution >= 0.6 is 0 Å². The fourth-order valence-corrected chi connectivity index (χ4v) is 4.77. The number of ether oxygens (including phenoxy) is 1. The van der Waals surface area contributed by atoms with Gasteiger partial charge < -0.3 is 15.0 Å². The Hall–Kier alpha value is -4.13. The van der Waals surface area contributed by atoms with Crippen LogP contribution in [-0.2, 0) is 11.3 Å². The van der Waals surface area contributed by atoms with E-state index in [0.717, 1.165) is 59.2 Å². The average molecular weight is 481 g/mol. The molecule has 1 atom stereocenters. The Morgan fingerprint density at radius 2 is 1.81 bits per heavy atom. The van der Waals surface area contributed by atoms with Gasteiger partial charge in [-0.3, -0.25) is 9.69 Å². The molecule has 182 valence electrons. The molecule has 1 saturated heterocycles. The van der Waals surface area contributed by atoms with E-state index in [1.165, 1.54) is 0 Å². The first-order valence-electron chi connectivity index (χ1n) is 12.5. The van der Waals surface area contributed by atoms with Crippen molar-refractivity contribution in [2.24, 2.45) is 0 Å². The van der Waals surface area contributed by atoms with Crippen molar-refractivity contribution in [3.8, 4) is 11.1 Å². The van der Waals surface area contributed by atoms with E-state index in [2.05, 4.69) is 10.3 Å². The first-order valence-corrected chi connectivity index (χ1v) is 12.5. The molecule has 2 heterocycles. The van der Waals surface area contributed by atoms with Crippen molar-refractivity contribution in [3.05, 3.63) is 89.7 Å². The van der Waals surface area contributed by atoms with E-state index in [-0.39, 0.29) is 24.6 Å². The average Bonchev–Trinajstić information content (AvgIpc) is 3.41. The molecule has 0 unspecified atom stereocenters. The molecule has 1 aliphatic carbocycles. The van der Waals surface area contributed by atoms with Crippen molar-refractivity contribution in [1.29, 1.82) is 0 Å². The zero-order valence-corrected chi connectivity index (χ0v) is 19.9. The van der Waals surface area contributed by atoms with Crippen LogP contribution in [0, 0.1) is 0 Å². The molecule has 3 aromatic carbocycles. The summed E-state index contributed by atoms with van der Waals surface area (Å²) in [5, 5.41) is 3.05. The minimum absolute atomic E-state index is 0.0250. The predicted octanol–water partition coefficient (Wildman–Crippen LogP) is 5.60. The number of hydrogen-bond donors (Lipinski definition) is 2. The Morgan fingerprint density at radius 3 is 2.64 bits per heavy atom. The number of carbonyl (C=O) groups is 2. The quantitative estimate of drug-likeness (QED) is 0.376. The van der Waals surface area contributed by atoms with Crippen LogP contribution in [0.4, 0.5) is 4.79 Å². The number of carbonyl (C=O) groups excluding carboxylic acids is 2. The topological polar surface area (TPSA) is 87.3 Å². The highest BCUT2D eigenvalue weighted by molar-refractivity contribution is 5.96. The number of aromatic amines is 1. The van der Waals surface area contributed by atoms with Crippen LogP contribution in [0.3, 0.4) is 0 Å². The van der Waals surface area contributed by atoms with Gasteiger partial charge in [-0.1, -0.05) is 48.5 Å². The number of H-pyrrole nitrogens is 1.